The van der Waals surface area contributed by atoms with Crippen molar-refractivity contribution >= 4 is 18.5 Å². The van der Waals surface area contributed by atoms with Crippen molar-refractivity contribution in [1.82, 2.24) is 9.80 Å². The first-order chi connectivity index (χ1) is 13.3. The van der Waals surface area contributed by atoms with Crippen LogP contribution in [-0.4, -0.2) is 48.2 Å². The van der Waals surface area contributed by atoms with E-state index < -0.39 is 0 Å². The van der Waals surface area contributed by atoms with Crippen LogP contribution in [0.25, 0.3) is 0 Å². The van der Waals surface area contributed by atoms with E-state index in [4.69, 9.17) is 4.74 Å². The molecule has 1 amide bonds. The van der Waals surface area contributed by atoms with Crippen molar-refractivity contribution in [3.05, 3.63) is 71.3 Å². The van der Waals surface area contributed by atoms with Gasteiger partial charge in [0, 0.05) is 13.1 Å². The molecule has 4 aliphatic heterocycles. The number of benzene rings is 2. The van der Waals surface area contributed by atoms with Gasteiger partial charge in [-0.3, -0.25) is 9.80 Å². The van der Waals surface area contributed by atoms with Gasteiger partial charge in [-0.25, -0.2) is 4.79 Å². The highest BCUT2D eigenvalue weighted by Gasteiger charge is 2.39. The summed E-state index contributed by atoms with van der Waals surface area (Å²) < 4.78 is 6.08. The van der Waals surface area contributed by atoms with Crippen molar-refractivity contribution in [2.75, 3.05) is 26.2 Å². The molecule has 0 aliphatic carbocycles. The lowest BCUT2D eigenvalue weighted by Gasteiger charge is -2.45. The van der Waals surface area contributed by atoms with Crippen molar-refractivity contribution in [3.63, 3.8) is 0 Å². The normalized spacial score (nSPS) is 28.2. The second kappa shape index (κ2) is 8.14. The first-order valence-corrected chi connectivity index (χ1v) is 10.1. The van der Waals surface area contributed by atoms with E-state index in [1.807, 2.05) is 23.1 Å². The molecule has 5 heteroatoms. The third-order valence-electron chi connectivity index (χ3n) is 6.48. The van der Waals surface area contributed by atoms with E-state index in [2.05, 4.69) is 41.3 Å². The minimum atomic E-state index is -0.155. The Bertz CT molecular complexity index is 820. The van der Waals surface area contributed by atoms with Crippen LogP contribution in [0.15, 0.2) is 54.6 Å². The largest absolute Gasteiger partial charge is 0.444 e. The van der Waals surface area contributed by atoms with Crippen LogP contribution >= 0.6 is 12.4 Å². The smallest absolute Gasteiger partial charge is 0.410 e. The Hall–Kier alpha value is -2.04. The lowest BCUT2D eigenvalue weighted by Crippen LogP contribution is -2.53. The summed E-state index contributed by atoms with van der Waals surface area (Å²) >= 11 is 0. The minimum Gasteiger partial charge on any atom is -0.444 e. The van der Waals surface area contributed by atoms with Gasteiger partial charge in [0.15, 0.2) is 0 Å². The first kappa shape index (κ1) is 19.3. The molecule has 0 unspecified atom stereocenters. The fourth-order valence-electron chi connectivity index (χ4n) is 5.00. The van der Waals surface area contributed by atoms with Gasteiger partial charge in [-0.15, -0.1) is 12.4 Å². The molecule has 4 aliphatic rings. The van der Waals surface area contributed by atoms with Gasteiger partial charge in [0.1, 0.15) is 6.10 Å². The number of ether oxygens (including phenoxy) is 1. The Balaban J connectivity index is 0.00000192. The molecule has 4 nitrogen and oxygen atoms in total. The van der Waals surface area contributed by atoms with E-state index >= 15 is 0 Å². The highest BCUT2D eigenvalue weighted by Crippen LogP contribution is 2.36. The summed E-state index contributed by atoms with van der Waals surface area (Å²) in [5.41, 5.74) is 3.70. The van der Waals surface area contributed by atoms with Gasteiger partial charge in [-0.1, -0.05) is 54.6 Å². The zero-order valence-corrected chi connectivity index (χ0v) is 16.8. The number of carbonyl (C=O) groups excluding carboxylic acids is 1. The first-order valence-electron chi connectivity index (χ1n) is 10.1. The molecule has 0 N–H and O–H groups in total. The number of halogens is 1. The molecule has 0 saturated carbocycles. The summed E-state index contributed by atoms with van der Waals surface area (Å²) in [6.45, 7) is 3.91. The van der Waals surface area contributed by atoms with Crippen molar-refractivity contribution in [1.29, 1.82) is 0 Å². The number of nitrogens with zero attached hydrogens (tertiary/aromatic N) is 2. The van der Waals surface area contributed by atoms with Crippen molar-refractivity contribution < 1.29 is 9.53 Å². The predicted octanol–water partition coefficient (Wildman–Crippen LogP) is 4.29. The van der Waals surface area contributed by atoms with Gasteiger partial charge in [0.2, 0.25) is 0 Å². The molecular formula is C23H27ClN2O2. The molecule has 0 spiro atoms. The number of carbonyl (C=O) groups is 1. The molecule has 2 aromatic rings. The van der Waals surface area contributed by atoms with Crippen LogP contribution in [0.1, 0.15) is 35.6 Å². The van der Waals surface area contributed by atoms with Crippen LogP contribution in [0.2, 0.25) is 0 Å². The second-order valence-electron chi connectivity index (χ2n) is 8.02. The Kier molecular flexibility index (Phi) is 5.61. The van der Waals surface area contributed by atoms with Crippen molar-refractivity contribution in [3.8, 4) is 0 Å². The Labute approximate surface area is 172 Å². The third-order valence-corrected chi connectivity index (χ3v) is 6.48. The number of rotatable bonds is 2. The van der Waals surface area contributed by atoms with Gasteiger partial charge in [0.05, 0.1) is 6.04 Å². The SMILES string of the molecule is Cl.O=C(O[C@@H]1CN2CCC1CC2)N1CCc2ccccc2[C@H]1c1ccccc1. The van der Waals surface area contributed by atoms with Crippen LogP contribution in [0.5, 0.6) is 0 Å². The fraction of sp³-hybridized carbons (Fsp3) is 0.435. The summed E-state index contributed by atoms with van der Waals surface area (Å²) in [5.74, 6) is 0.534. The number of fused-ring (bicyclic) bond motifs is 4. The Morgan fingerprint density at radius 1 is 0.929 bits per heavy atom. The number of piperidine rings is 3. The van der Waals surface area contributed by atoms with E-state index in [1.165, 1.54) is 11.1 Å². The summed E-state index contributed by atoms with van der Waals surface area (Å²) in [6, 6.07) is 18.8. The number of amides is 1. The molecule has 4 heterocycles. The molecule has 2 aromatic carbocycles. The van der Waals surface area contributed by atoms with Crippen molar-refractivity contribution in [2.24, 2.45) is 5.92 Å². The molecule has 3 saturated heterocycles. The zero-order chi connectivity index (χ0) is 18.2. The van der Waals surface area contributed by atoms with Crippen molar-refractivity contribution in [2.45, 2.75) is 31.4 Å². The van der Waals surface area contributed by atoms with Crippen LogP contribution in [0, 0.1) is 5.92 Å². The van der Waals surface area contributed by atoms with Gasteiger partial charge < -0.3 is 4.74 Å². The maximum absolute atomic E-state index is 13.2. The maximum atomic E-state index is 13.2. The second-order valence-corrected chi connectivity index (χ2v) is 8.02. The van der Waals surface area contributed by atoms with Gasteiger partial charge in [-0.2, -0.15) is 0 Å². The predicted molar refractivity (Wildman–Crippen MR) is 112 cm³/mol. The Morgan fingerprint density at radius 3 is 2.36 bits per heavy atom. The highest BCUT2D eigenvalue weighted by molar-refractivity contribution is 5.85. The van der Waals surface area contributed by atoms with E-state index in [1.54, 1.807) is 0 Å². The Morgan fingerprint density at radius 2 is 1.64 bits per heavy atom. The molecule has 2 atom stereocenters. The maximum Gasteiger partial charge on any atom is 0.410 e. The minimum absolute atomic E-state index is 0. The van der Waals surface area contributed by atoms with Gasteiger partial charge in [0.25, 0.3) is 0 Å². The van der Waals surface area contributed by atoms with E-state index in [9.17, 15) is 4.79 Å². The zero-order valence-electron chi connectivity index (χ0n) is 16.0. The van der Waals surface area contributed by atoms with Crippen LogP contribution in [0.4, 0.5) is 4.79 Å². The molecular weight excluding hydrogens is 372 g/mol. The number of hydrogen-bond acceptors (Lipinski definition) is 3. The molecule has 28 heavy (non-hydrogen) atoms. The van der Waals surface area contributed by atoms with Crippen LogP contribution in [0.3, 0.4) is 0 Å². The molecule has 0 aromatic heterocycles. The van der Waals surface area contributed by atoms with Crippen LogP contribution in [-0.2, 0) is 11.2 Å². The number of hydrogen-bond donors (Lipinski definition) is 0. The summed E-state index contributed by atoms with van der Waals surface area (Å²) in [5, 5.41) is 0. The molecule has 2 bridgehead atoms. The molecule has 0 radical (unpaired) electrons. The third kappa shape index (κ3) is 3.51. The topological polar surface area (TPSA) is 32.8 Å². The lowest BCUT2D eigenvalue weighted by molar-refractivity contribution is -0.0462. The van der Waals surface area contributed by atoms with E-state index in [0.717, 1.165) is 44.5 Å². The van der Waals surface area contributed by atoms with E-state index in [-0.39, 0.29) is 30.6 Å². The fourth-order valence-corrected chi connectivity index (χ4v) is 5.00. The summed E-state index contributed by atoms with van der Waals surface area (Å²) in [6.07, 6.45) is 3.09. The molecule has 6 rings (SSSR count). The molecule has 148 valence electrons. The lowest BCUT2D eigenvalue weighted by atomic mass is 9.86. The summed E-state index contributed by atoms with van der Waals surface area (Å²) in [4.78, 5) is 17.6. The van der Waals surface area contributed by atoms with Gasteiger partial charge >= 0.3 is 6.09 Å². The standard InChI is InChI=1S/C23H26N2O2.ClH/c26-23(27-21-16-24-13-10-18(21)11-14-24)25-15-12-17-6-4-5-9-20(17)22(25)19-7-2-1-3-8-19;/h1-9,18,21-22H,10-16H2;1H/t21-,22-;/m1./s1. The quantitative estimate of drug-likeness (QED) is 0.756. The van der Waals surface area contributed by atoms with Crippen LogP contribution < -0.4 is 0 Å². The van der Waals surface area contributed by atoms with E-state index in [0.29, 0.717) is 12.5 Å². The highest BCUT2D eigenvalue weighted by atomic mass is 35.5. The monoisotopic (exact) mass is 398 g/mol. The molecule has 3 fully saturated rings. The van der Waals surface area contributed by atoms with Gasteiger partial charge in [-0.05, 0) is 55.0 Å². The average Bonchev–Trinajstić information content (AvgIpc) is 2.74. The summed E-state index contributed by atoms with van der Waals surface area (Å²) in [7, 11) is 0. The average molecular weight is 399 g/mol.